The first-order valence-electron chi connectivity index (χ1n) is 8.91. The zero-order valence-electron chi connectivity index (χ0n) is 14.6. The highest BCUT2D eigenvalue weighted by atomic mass is 35.5. The fourth-order valence-electron chi connectivity index (χ4n) is 3.44. The SMILES string of the molecule is O=C(c1ccn[nH]1)N1CCN(S(=O)(=O)c2cc(Cl)cnc2C2CCC2)CC1. The molecule has 3 heterocycles. The summed E-state index contributed by atoms with van der Waals surface area (Å²) < 4.78 is 27.9. The summed E-state index contributed by atoms with van der Waals surface area (Å²) in [6.07, 6.45) is 6.01. The van der Waals surface area contributed by atoms with Crippen LogP contribution in [0.3, 0.4) is 0 Å². The molecule has 2 aliphatic rings. The van der Waals surface area contributed by atoms with E-state index in [1.165, 1.54) is 22.8 Å². The Labute approximate surface area is 162 Å². The molecule has 1 aliphatic carbocycles. The van der Waals surface area contributed by atoms with E-state index in [9.17, 15) is 13.2 Å². The molecular formula is C17H20ClN5O3S. The molecule has 0 radical (unpaired) electrons. The third-order valence-corrected chi connectivity index (χ3v) is 7.35. The first-order chi connectivity index (χ1) is 13.0. The molecule has 1 saturated heterocycles. The zero-order valence-corrected chi connectivity index (χ0v) is 16.2. The van der Waals surface area contributed by atoms with Crippen LogP contribution in [0.15, 0.2) is 29.4 Å². The van der Waals surface area contributed by atoms with E-state index in [-0.39, 0.29) is 29.8 Å². The van der Waals surface area contributed by atoms with Gasteiger partial charge in [0.25, 0.3) is 5.91 Å². The van der Waals surface area contributed by atoms with Crippen molar-refractivity contribution >= 4 is 27.5 Å². The van der Waals surface area contributed by atoms with E-state index in [4.69, 9.17) is 11.6 Å². The Bertz CT molecular complexity index is 935. The molecule has 0 unspecified atom stereocenters. The van der Waals surface area contributed by atoms with Gasteiger partial charge in [0, 0.05) is 44.5 Å². The number of rotatable bonds is 4. The summed E-state index contributed by atoms with van der Waals surface area (Å²) in [5.74, 6) is -0.000543. The molecule has 144 valence electrons. The lowest BCUT2D eigenvalue weighted by Crippen LogP contribution is -2.50. The van der Waals surface area contributed by atoms with Crippen LogP contribution in [0.25, 0.3) is 0 Å². The van der Waals surface area contributed by atoms with Crippen LogP contribution in [0.4, 0.5) is 0 Å². The van der Waals surface area contributed by atoms with Crippen LogP contribution < -0.4 is 0 Å². The molecule has 1 saturated carbocycles. The number of sulfonamides is 1. The number of nitrogens with zero attached hydrogens (tertiary/aromatic N) is 4. The molecule has 0 bridgehead atoms. The number of aromatic amines is 1. The Hall–Kier alpha value is -1.97. The molecular weight excluding hydrogens is 390 g/mol. The largest absolute Gasteiger partial charge is 0.335 e. The number of amides is 1. The van der Waals surface area contributed by atoms with E-state index >= 15 is 0 Å². The maximum absolute atomic E-state index is 13.2. The van der Waals surface area contributed by atoms with Crippen molar-refractivity contribution in [3.05, 3.63) is 40.9 Å². The van der Waals surface area contributed by atoms with E-state index in [1.807, 2.05) is 0 Å². The lowest BCUT2D eigenvalue weighted by atomic mass is 9.83. The van der Waals surface area contributed by atoms with Crippen molar-refractivity contribution < 1.29 is 13.2 Å². The van der Waals surface area contributed by atoms with Crippen LogP contribution in [0.1, 0.15) is 41.4 Å². The molecule has 1 aliphatic heterocycles. The maximum Gasteiger partial charge on any atom is 0.271 e. The molecule has 1 N–H and O–H groups in total. The summed E-state index contributed by atoms with van der Waals surface area (Å²) in [5.41, 5.74) is 1.01. The van der Waals surface area contributed by atoms with Crippen LogP contribution in [-0.2, 0) is 10.0 Å². The molecule has 4 rings (SSSR count). The standard InChI is InChI=1S/C17H20ClN5O3S/c18-13-10-15(16(19-11-13)12-2-1-3-12)27(25,26)23-8-6-22(7-9-23)17(24)14-4-5-20-21-14/h4-5,10-12H,1-3,6-9H2,(H,20,21). The van der Waals surface area contributed by atoms with Crippen LogP contribution >= 0.6 is 11.6 Å². The van der Waals surface area contributed by atoms with Gasteiger partial charge in [-0.25, -0.2) is 8.42 Å². The van der Waals surface area contributed by atoms with Crippen molar-refractivity contribution in [2.45, 2.75) is 30.1 Å². The van der Waals surface area contributed by atoms with Gasteiger partial charge < -0.3 is 4.90 Å². The summed E-state index contributed by atoms with van der Waals surface area (Å²) in [6.45, 7) is 1.12. The van der Waals surface area contributed by atoms with E-state index in [1.54, 1.807) is 11.0 Å². The predicted molar refractivity (Wildman–Crippen MR) is 99.1 cm³/mol. The van der Waals surface area contributed by atoms with Gasteiger partial charge in [-0.1, -0.05) is 18.0 Å². The monoisotopic (exact) mass is 409 g/mol. The van der Waals surface area contributed by atoms with Crippen LogP contribution in [-0.4, -0.2) is 64.9 Å². The number of hydrogen-bond acceptors (Lipinski definition) is 5. The second-order valence-electron chi connectivity index (χ2n) is 6.83. The number of carbonyl (C=O) groups is 1. The van der Waals surface area contributed by atoms with Crippen molar-refractivity contribution in [2.24, 2.45) is 0 Å². The number of H-pyrrole nitrogens is 1. The summed E-state index contributed by atoms with van der Waals surface area (Å²) in [7, 11) is -3.71. The topological polar surface area (TPSA) is 99.3 Å². The maximum atomic E-state index is 13.2. The normalized spacial score (nSPS) is 19.1. The summed E-state index contributed by atoms with van der Waals surface area (Å²) in [4.78, 5) is 18.5. The molecule has 0 atom stereocenters. The quantitative estimate of drug-likeness (QED) is 0.831. The van der Waals surface area contributed by atoms with Crippen LogP contribution in [0.5, 0.6) is 0 Å². The number of carbonyl (C=O) groups excluding carboxylic acids is 1. The highest BCUT2D eigenvalue weighted by Crippen LogP contribution is 2.39. The van der Waals surface area contributed by atoms with E-state index < -0.39 is 10.0 Å². The number of piperazine rings is 1. The average Bonchev–Trinajstić information content (AvgIpc) is 3.16. The average molecular weight is 410 g/mol. The van der Waals surface area contributed by atoms with E-state index in [2.05, 4.69) is 15.2 Å². The van der Waals surface area contributed by atoms with Crippen molar-refractivity contribution in [3.8, 4) is 0 Å². The Morgan fingerprint density at radius 3 is 2.56 bits per heavy atom. The highest BCUT2D eigenvalue weighted by molar-refractivity contribution is 7.89. The number of halogens is 1. The summed E-state index contributed by atoms with van der Waals surface area (Å²) in [6, 6.07) is 3.10. The van der Waals surface area contributed by atoms with Gasteiger partial charge in [-0.05, 0) is 25.0 Å². The van der Waals surface area contributed by atoms with Gasteiger partial charge in [0.1, 0.15) is 10.6 Å². The Kier molecular flexibility index (Phi) is 4.92. The van der Waals surface area contributed by atoms with Crippen molar-refractivity contribution in [2.75, 3.05) is 26.2 Å². The van der Waals surface area contributed by atoms with Gasteiger partial charge >= 0.3 is 0 Å². The highest BCUT2D eigenvalue weighted by Gasteiger charge is 2.35. The zero-order chi connectivity index (χ0) is 19.0. The Morgan fingerprint density at radius 2 is 1.96 bits per heavy atom. The van der Waals surface area contributed by atoms with Gasteiger partial charge in [0.05, 0.1) is 10.7 Å². The summed E-state index contributed by atoms with van der Waals surface area (Å²) >= 11 is 6.04. The van der Waals surface area contributed by atoms with Gasteiger partial charge in [0.15, 0.2) is 0 Å². The molecule has 2 fully saturated rings. The lowest BCUT2D eigenvalue weighted by Gasteiger charge is -2.35. The number of pyridine rings is 1. The lowest BCUT2D eigenvalue weighted by molar-refractivity contribution is 0.0692. The number of nitrogens with one attached hydrogen (secondary N) is 1. The van der Waals surface area contributed by atoms with Gasteiger partial charge in [-0.2, -0.15) is 9.40 Å². The van der Waals surface area contributed by atoms with Crippen molar-refractivity contribution in [3.63, 3.8) is 0 Å². The fraction of sp³-hybridized carbons (Fsp3) is 0.471. The molecule has 1 amide bonds. The minimum atomic E-state index is -3.71. The smallest absolute Gasteiger partial charge is 0.271 e. The van der Waals surface area contributed by atoms with Gasteiger partial charge in [-0.15, -0.1) is 0 Å². The second-order valence-corrected chi connectivity index (χ2v) is 9.17. The Balaban J connectivity index is 1.52. The molecule has 10 heteroatoms. The van der Waals surface area contributed by atoms with Crippen molar-refractivity contribution in [1.29, 1.82) is 0 Å². The van der Waals surface area contributed by atoms with Crippen LogP contribution in [0.2, 0.25) is 5.02 Å². The fourth-order valence-corrected chi connectivity index (χ4v) is 5.35. The molecule has 2 aromatic rings. The van der Waals surface area contributed by atoms with Gasteiger partial charge in [0.2, 0.25) is 10.0 Å². The van der Waals surface area contributed by atoms with E-state index in [0.717, 1.165) is 19.3 Å². The number of hydrogen-bond donors (Lipinski definition) is 1. The molecule has 8 nitrogen and oxygen atoms in total. The summed E-state index contributed by atoms with van der Waals surface area (Å²) in [5, 5.41) is 6.74. The molecule has 2 aromatic heterocycles. The predicted octanol–water partition coefficient (Wildman–Crippen LogP) is 1.87. The Morgan fingerprint density at radius 1 is 1.22 bits per heavy atom. The third kappa shape index (κ3) is 3.46. The van der Waals surface area contributed by atoms with Crippen molar-refractivity contribution in [1.82, 2.24) is 24.4 Å². The van der Waals surface area contributed by atoms with E-state index in [0.29, 0.717) is 29.5 Å². The molecule has 0 spiro atoms. The van der Waals surface area contributed by atoms with Gasteiger partial charge in [-0.3, -0.25) is 14.9 Å². The minimum absolute atomic E-state index is 0.176. The second kappa shape index (κ2) is 7.21. The number of aromatic nitrogens is 3. The molecule has 0 aromatic carbocycles. The van der Waals surface area contributed by atoms with Crippen LogP contribution in [0, 0.1) is 0 Å². The first-order valence-corrected chi connectivity index (χ1v) is 10.7. The molecule has 27 heavy (non-hydrogen) atoms. The third-order valence-electron chi connectivity index (χ3n) is 5.22. The minimum Gasteiger partial charge on any atom is -0.335 e. The first kappa shape index (κ1) is 18.4.